The lowest BCUT2D eigenvalue weighted by Crippen LogP contribution is -2.26. The summed E-state index contributed by atoms with van der Waals surface area (Å²) in [4.78, 5) is 16.4. The van der Waals surface area contributed by atoms with Gasteiger partial charge in [0, 0.05) is 6.61 Å². The zero-order valence-electron chi connectivity index (χ0n) is 13.5. The Hall–Kier alpha value is -1.82. The second-order valence-electron chi connectivity index (χ2n) is 5.71. The second kappa shape index (κ2) is 8.52. The third-order valence-electron chi connectivity index (χ3n) is 3.86. The van der Waals surface area contributed by atoms with Crippen LogP contribution < -0.4 is 10.1 Å². The number of amides is 1. The molecule has 1 aliphatic heterocycles. The summed E-state index contributed by atoms with van der Waals surface area (Å²) in [5.41, 5.74) is 0.612. The number of benzene rings is 1. The van der Waals surface area contributed by atoms with Crippen LogP contribution in [0.3, 0.4) is 0 Å². The molecule has 1 atom stereocenters. The van der Waals surface area contributed by atoms with Crippen LogP contribution in [-0.4, -0.2) is 30.2 Å². The summed E-state index contributed by atoms with van der Waals surface area (Å²) in [5.74, 6) is 0.126. The molecule has 2 heterocycles. The number of carbonyl (C=O) groups is 1. The Bertz CT molecular complexity index is 749. The normalized spacial score (nSPS) is 17.1. The summed E-state index contributed by atoms with van der Waals surface area (Å²) in [7, 11) is 0. The lowest BCUT2D eigenvalue weighted by Gasteiger charge is -2.23. The van der Waals surface area contributed by atoms with Crippen molar-refractivity contribution >= 4 is 34.8 Å². The minimum Gasteiger partial charge on any atom is -0.489 e. The minimum atomic E-state index is -0.447. The van der Waals surface area contributed by atoms with Gasteiger partial charge in [-0.3, -0.25) is 4.79 Å². The van der Waals surface area contributed by atoms with Crippen LogP contribution in [0, 0.1) is 0 Å². The van der Waals surface area contributed by atoms with Gasteiger partial charge in [-0.05, 0) is 43.5 Å². The maximum atomic E-state index is 12.4. The first-order valence-electron chi connectivity index (χ1n) is 8.10. The van der Waals surface area contributed by atoms with Gasteiger partial charge in [-0.15, -0.1) is 0 Å². The molecule has 1 N–H and O–H groups in total. The summed E-state index contributed by atoms with van der Waals surface area (Å²) in [5, 5.41) is 3.21. The van der Waals surface area contributed by atoms with Gasteiger partial charge in [0.2, 0.25) is 0 Å². The topological polar surface area (TPSA) is 60.5 Å². The van der Waals surface area contributed by atoms with Gasteiger partial charge >= 0.3 is 0 Å². The number of carbonyl (C=O) groups excluding carboxylic acids is 1. The first kappa shape index (κ1) is 18.0. The zero-order valence-corrected chi connectivity index (χ0v) is 15.0. The summed E-state index contributed by atoms with van der Waals surface area (Å²) in [6.07, 6.45) is 3.31. The maximum Gasteiger partial charge on any atom is 0.275 e. The predicted molar refractivity (Wildman–Crippen MR) is 97.7 cm³/mol. The number of anilines is 1. The van der Waals surface area contributed by atoms with Crippen molar-refractivity contribution in [3.63, 3.8) is 0 Å². The third kappa shape index (κ3) is 4.84. The monoisotopic (exact) mass is 380 g/mol. The summed E-state index contributed by atoms with van der Waals surface area (Å²) >= 11 is 11.9. The molecule has 2 aromatic rings. The van der Waals surface area contributed by atoms with Gasteiger partial charge < -0.3 is 14.8 Å². The van der Waals surface area contributed by atoms with Gasteiger partial charge in [0.15, 0.2) is 0 Å². The molecule has 1 fully saturated rings. The fourth-order valence-electron chi connectivity index (χ4n) is 2.58. The van der Waals surface area contributed by atoms with E-state index in [1.807, 2.05) is 12.1 Å². The molecule has 25 heavy (non-hydrogen) atoms. The van der Waals surface area contributed by atoms with Crippen LogP contribution in [0.25, 0.3) is 0 Å². The number of para-hydroxylation sites is 2. The molecule has 1 unspecified atom stereocenters. The van der Waals surface area contributed by atoms with Gasteiger partial charge in [0.05, 0.1) is 16.8 Å². The molecule has 0 radical (unpaired) electrons. The lowest BCUT2D eigenvalue weighted by molar-refractivity contribution is -0.0109. The van der Waals surface area contributed by atoms with Gasteiger partial charge in [-0.2, -0.15) is 0 Å². The molecular weight excluding hydrogens is 363 g/mol. The van der Waals surface area contributed by atoms with E-state index in [-0.39, 0.29) is 22.0 Å². The quantitative estimate of drug-likeness (QED) is 0.770. The minimum absolute atomic E-state index is 0.0691. The van der Waals surface area contributed by atoms with E-state index in [9.17, 15) is 4.79 Å². The Morgan fingerprint density at radius 1 is 1.24 bits per heavy atom. The molecule has 1 amide bonds. The highest BCUT2D eigenvalue weighted by molar-refractivity contribution is 6.35. The van der Waals surface area contributed by atoms with Crippen molar-refractivity contribution in [2.75, 3.05) is 18.5 Å². The average Bonchev–Trinajstić information content (AvgIpc) is 2.64. The van der Waals surface area contributed by atoms with Gasteiger partial charge in [0.25, 0.3) is 5.91 Å². The van der Waals surface area contributed by atoms with Gasteiger partial charge in [0.1, 0.15) is 23.2 Å². The highest BCUT2D eigenvalue weighted by Crippen LogP contribution is 2.26. The Kier molecular flexibility index (Phi) is 6.13. The number of hydrogen-bond donors (Lipinski definition) is 1. The molecule has 132 valence electrons. The lowest BCUT2D eigenvalue weighted by atomic mass is 10.1. The van der Waals surface area contributed by atoms with Crippen LogP contribution in [0.2, 0.25) is 10.2 Å². The van der Waals surface area contributed by atoms with Crippen molar-refractivity contribution in [2.24, 2.45) is 0 Å². The first-order valence-corrected chi connectivity index (χ1v) is 8.86. The highest BCUT2D eigenvalue weighted by Gasteiger charge is 2.17. The van der Waals surface area contributed by atoms with Crippen molar-refractivity contribution in [2.45, 2.75) is 25.4 Å². The summed E-state index contributed by atoms with van der Waals surface area (Å²) < 4.78 is 11.5. The van der Waals surface area contributed by atoms with Crippen LogP contribution in [0.5, 0.6) is 5.75 Å². The van der Waals surface area contributed by atoms with Crippen LogP contribution in [0.15, 0.2) is 36.4 Å². The average molecular weight is 381 g/mol. The third-order valence-corrected chi connectivity index (χ3v) is 4.38. The number of aromatic nitrogens is 1. The Labute approximate surface area is 156 Å². The number of ether oxygens (including phenoxy) is 2. The van der Waals surface area contributed by atoms with E-state index in [0.29, 0.717) is 18.0 Å². The maximum absolute atomic E-state index is 12.4. The molecule has 1 aliphatic rings. The molecule has 3 rings (SSSR count). The smallest absolute Gasteiger partial charge is 0.275 e. The van der Waals surface area contributed by atoms with Crippen molar-refractivity contribution in [1.29, 1.82) is 0 Å². The molecule has 0 saturated carbocycles. The van der Waals surface area contributed by atoms with Crippen molar-refractivity contribution in [3.05, 3.63) is 52.3 Å². The fourth-order valence-corrected chi connectivity index (χ4v) is 2.92. The van der Waals surface area contributed by atoms with E-state index < -0.39 is 5.91 Å². The number of hydrogen-bond acceptors (Lipinski definition) is 4. The van der Waals surface area contributed by atoms with Gasteiger partial charge in [-0.25, -0.2) is 4.98 Å². The number of rotatable bonds is 5. The van der Waals surface area contributed by atoms with E-state index in [1.165, 1.54) is 12.1 Å². The first-order chi connectivity index (χ1) is 12.1. The summed E-state index contributed by atoms with van der Waals surface area (Å²) in [6, 6.07) is 10.3. The number of nitrogens with zero attached hydrogens (tertiary/aromatic N) is 1. The Morgan fingerprint density at radius 3 is 2.88 bits per heavy atom. The van der Waals surface area contributed by atoms with Crippen molar-refractivity contribution in [1.82, 2.24) is 4.98 Å². The Balaban J connectivity index is 1.69. The van der Waals surface area contributed by atoms with Crippen molar-refractivity contribution in [3.8, 4) is 5.75 Å². The van der Waals surface area contributed by atoms with Crippen LogP contribution in [0.4, 0.5) is 5.69 Å². The molecule has 0 spiro atoms. The molecule has 1 saturated heterocycles. The molecule has 1 aromatic heterocycles. The van der Waals surface area contributed by atoms with Gasteiger partial charge in [-0.1, -0.05) is 35.3 Å². The van der Waals surface area contributed by atoms with E-state index >= 15 is 0 Å². The molecule has 5 nitrogen and oxygen atoms in total. The standard InChI is InChI=1S/C18H18Cl2N2O3/c19-13-8-9-16(20)22-17(13)18(23)21-14-6-1-2-7-15(14)25-11-12-5-3-4-10-24-12/h1-2,6-9,12H,3-5,10-11H2,(H,21,23). The number of pyridine rings is 1. The Morgan fingerprint density at radius 2 is 2.08 bits per heavy atom. The van der Waals surface area contributed by atoms with E-state index in [4.69, 9.17) is 32.7 Å². The largest absolute Gasteiger partial charge is 0.489 e. The number of halogens is 2. The van der Waals surface area contributed by atoms with Crippen molar-refractivity contribution < 1.29 is 14.3 Å². The molecule has 7 heteroatoms. The van der Waals surface area contributed by atoms with Crippen LogP contribution in [0.1, 0.15) is 29.8 Å². The highest BCUT2D eigenvalue weighted by atomic mass is 35.5. The van der Waals surface area contributed by atoms with Crippen LogP contribution in [-0.2, 0) is 4.74 Å². The predicted octanol–water partition coefficient (Wildman–Crippen LogP) is 4.59. The molecule has 0 bridgehead atoms. The molecule has 0 aliphatic carbocycles. The second-order valence-corrected chi connectivity index (χ2v) is 6.51. The molecular formula is C18H18Cl2N2O3. The summed E-state index contributed by atoms with van der Waals surface area (Å²) in [6.45, 7) is 1.22. The molecule has 1 aromatic carbocycles. The van der Waals surface area contributed by atoms with E-state index in [2.05, 4.69) is 10.3 Å². The number of nitrogens with one attached hydrogen (secondary N) is 1. The SMILES string of the molecule is O=C(Nc1ccccc1OCC1CCCCO1)c1nc(Cl)ccc1Cl. The van der Waals surface area contributed by atoms with Crippen LogP contribution >= 0.6 is 23.2 Å². The zero-order chi connectivity index (χ0) is 17.6. The van der Waals surface area contributed by atoms with E-state index in [0.717, 1.165) is 25.9 Å². The fraction of sp³-hybridized carbons (Fsp3) is 0.333. The van der Waals surface area contributed by atoms with E-state index in [1.54, 1.807) is 12.1 Å².